The van der Waals surface area contributed by atoms with Gasteiger partial charge in [0.15, 0.2) is 17.2 Å². The van der Waals surface area contributed by atoms with E-state index < -0.39 is 0 Å². The highest BCUT2D eigenvalue weighted by Gasteiger charge is 2.34. The van der Waals surface area contributed by atoms with Crippen LogP contribution in [0.3, 0.4) is 0 Å². The normalized spacial score (nSPS) is 16.7. The summed E-state index contributed by atoms with van der Waals surface area (Å²) in [4.78, 5) is 14.8. The van der Waals surface area contributed by atoms with Gasteiger partial charge in [0, 0.05) is 24.2 Å². The number of likely N-dealkylation sites (tertiary alicyclic amines) is 1. The molecule has 1 aromatic carbocycles. The second-order valence-electron chi connectivity index (χ2n) is 7.27. The molecule has 7 nitrogen and oxygen atoms in total. The number of hydrogen-bond acceptors (Lipinski definition) is 6. The van der Waals surface area contributed by atoms with Gasteiger partial charge in [-0.15, -0.1) is 0 Å². The van der Waals surface area contributed by atoms with Crippen LogP contribution in [0.5, 0.6) is 5.75 Å². The minimum Gasteiger partial charge on any atom is -0.497 e. The fourth-order valence-electron chi connectivity index (χ4n) is 3.45. The lowest BCUT2D eigenvalue weighted by Crippen LogP contribution is -2.30. The molecule has 0 aliphatic carbocycles. The minimum absolute atomic E-state index is 0.117. The monoisotopic (exact) mass is 381 g/mol. The molecule has 2 aromatic heterocycles. The Balaban J connectivity index is 1.54. The first-order chi connectivity index (χ1) is 13.6. The highest BCUT2D eigenvalue weighted by atomic mass is 16.5. The van der Waals surface area contributed by atoms with Crippen LogP contribution in [0.4, 0.5) is 0 Å². The third-order valence-electron chi connectivity index (χ3n) is 5.08. The number of methoxy groups -OCH3 is 1. The summed E-state index contributed by atoms with van der Waals surface area (Å²) >= 11 is 0. The molecular formula is C21H23N3O4. The van der Waals surface area contributed by atoms with E-state index in [-0.39, 0.29) is 17.9 Å². The summed E-state index contributed by atoms with van der Waals surface area (Å²) in [6, 6.07) is 10.9. The van der Waals surface area contributed by atoms with Gasteiger partial charge in [0.25, 0.3) is 5.91 Å². The Labute approximate surface area is 163 Å². The molecule has 1 aliphatic rings. The minimum atomic E-state index is -0.159. The Morgan fingerprint density at radius 1 is 1.18 bits per heavy atom. The lowest BCUT2D eigenvalue weighted by atomic mass is 10.1. The molecule has 1 amide bonds. The standard InChI is InChI=1S/C21H23N3O4/c1-13(2)16-11-20(28-22-16)18-5-4-10-24(18)21(25)17-12-19(27-23-17)14-6-8-15(26-3)9-7-14/h6-9,11-13,18H,4-5,10H2,1-3H3/t18-/m1/s1. The number of aromatic nitrogens is 2. The quantitative estimate of drug-likeness (QED) is 0.650. The van der Waals surface area contributed by atoms with Crippen molar-refractivity contribution in [1.82, 2.24) is 15.2 Å². The highest BCUT2D eigenvalue weighted by molar-refractivity contribution is 5.93. The van der Waals surface area contributed by atoms with Crippen molar-refractivity contribution >= 4 is 5.91 Å². The predicted molar refractivity (Wildman–Crippen MR) is 102 cm³/mol. The van der Waals surface area contributed by atoms with Crippen LogP contribution < -0.4 is 4.74 Å². The zero-order valence-electron chi connectivity index (χ0n) is 16.2. The Hall–Kier alpha value is -3.09. The fourth-order valence-corrected chi connectivity index (χ4v) is 3.45. The Morgan fingerprint density at radius 3 is 2.64 bits per heavy atom. The SMILES string of the molecule is COc1ccc(-c2cc(C(=O)N3CCC[C@@H]3c3cc(C(C)C)no3)no2)cc1. The van der Waals surface area contributed by atoms with Crippen LogP contribution in [0.1, 0.15) is 60.6 Å². The first-order valence-electron chi connectivity index (χ1n) is 9.45. The van der Waals surface area contributed by atoms with Crippen molar-refractivity contribution in [3.8, 4) is 17.1 Å². The summed E-state index contributed by atoms with van der Waals surface area (Å²) in [7, 11) is 1.62. The average molecular weight is 381 g/mol. The zero-order valence-corrected chi connectivity index (χ0v) is 16.2. The van der Waals surface area contributed by atoms with Gasteiger partial charge in [0.05, 0.1) is 18.8 Å². The van der Waals surface area contributed by atoms with Crippen molar-refractivity contribution in [3.05, 3.63) is 53.5 Å². The number of nitrogens with zero attached hydrogens (tertiary/aromatic N) is 3. The largest absolute Gasteiger partial charge is 0.497 e. The van der Waals surface area contributed by atoms with E-state index in [1.165, 1.54) is 0 Å². The number of ether oxygens (including phenoxy) is 1. The molecule has 3 heterocycles. The topological polar surface area (TPSA) is 81.6 Å². The van der Waals surface area contributed by atoms with Crippen molar-refractivity contribution < 1.29 is 18.6 Å². The Morgan fingerprint density at radius 2 is 1.96 bits per heavy atom. The number of hydrogen-bond donors (Lipinski definition) is 0. The second-order valence-corrected chi connectivity index (χ2v) is 7.27. The van der Waals surface area contributed by atoms with Crippen molar-refractivity contribution in [3.63, 3.8) is 0 Å². The maximum Gasteiger partial charge on any atom is 0.276 e. The summed E-state index contributed by atoms with van der Waals surface area (Å²) in [5, 5.41) is 8.12. The van der Waals surface area contributed by atoms with Gasteiger partial charge in [0.1, 0.15) is 5.75 Å². The van der Waals surface area contributed by atoms with E-state index in [1.54, 1.807) is 18.1 Å². The molecule has 4 rings (SSSR count). The zero-order chi connectivity index (χ0) is 19.7. The van der Waals surface area contributed by atoms with Crippen molar-refractivity contribution in [2.24, 2.45) is 0 Å². The summed E-state index contributed by atoms with van der Waals surface area (Å²) in [5.41, 5.74) is 2.03. The Kier molecular flexibility index (Phi) is 4.90. The predicted octanol–water partition coefficient (Wildman–Crippen LogP) is 4.44. The molecule has 0 radical (unpaired) electrons. The van der Waals surface area contributed by atoms with Crippen LogP contribution in [0.25, 0.3) is 11.3 Å². The van der Waals surface area contributed by atoms with Crippen LogP contribution in [0.15, 0.2) is 45.4 Å². The number of carbonyl (C=O) groups excluding carboxylic acids is 1. The van der Waals surface area contributed by atoms with Crippen molar-refractivity contribution in [2.45, 2.75) is 38.6 Å². The molecule has 0 saturated carbocycles. The third kappa shape index (κ3) is 3.40. The summed E-state index contributed by atoms with van der Waals surface area (Å²) in [6.45, 7) is 4.79. The molecule has 0 unspecified atom stereocenters. The van der Waals surface area contributed by atoms with Gasteiger partial charge in [-0.3, -0.25) is 4.79 Å². The lowest BCUT2D eigenvalue weighted by molar-refractivity contribution is 0.0704. The lowest BCUT2D eigenvalue weighted by Gasteiger charge is -2.21. The fraction of sp³-hybridized carbons (Fsp3) is 0.381. The first kappa shape index (κ1) is 18.3. The molecule has 0 bridgehead atoms. The van der Waals surface area contributed by atoms with Gasteiger partial charge >= 0.3 is 0 Å². The molecule has 3 aromatic rings. The van der Waals surface area contributed by atoms with Crippen molar-refractivity contribution in [2.75, 3.05) is 13.7 Å². The molecule has 0 spiro atoms. The van der Waals surface area contributed by atoms with E-state index in [2.05, 4.69) is 24.2 Å². The first-order valence-corrected chi connectivity index (χ1v) is 9.45. The molecule has 146 valence electrons. The smallest absolute Gasteiger partial charge is 0.276 e. The molecule has 1 saturated heterocycles. The van der Waals surface area contributed by atoms with E-state index >= 15 is 0 Å². The molecule has 1 atom stereocenters. The highest BCUT2D eigenvalue weighted by Crippen LogP contribution is 2.34. The van der Waals surface area contributed by atoms with Crippen LogP contribution in [-0.4, -0.2) is 34.8 Å². The third-order valence-corrected chi connectivity index (χ3v) is 5.08. The molecule has 28 heavy (non-hydrogen) atoms. The van der Waals surface area contributed by atoms with Gasteiger partial charge in [-0.2, -0.15) is 0 Å². The summed E-state index contributed by atoms with van der Waals surface area (Å²) < 4.78 is 16.1. The molecule has 7 heteroatoms. The molecule has 0 N–H and O–H groups in total. The van der Waals surface area contributed by atoms with Crippen LogP contribution in [-0.2, 0) is 0 Å². The van der Waals surface area contributed by atoms with Crippen LogP contribution >= 0.6 is 0 Å². The number of amides is 1. The maximum absolute atomic E-state index is 13.0. The van der Waals surface area contributed by atoms with Crippen molar-refractivity contribution in [1.29, 1.82) is 0 Å². The Bertz CT molecular complexity index is 958. The van der Waals surface area contributed by atoms with Gasteiger partial charge in [-0.1, -0.05) is 24.2 Å². The number of carbonyl (C=O) groups is 1. The van der Waals surface area contributed by atoms with E-state index in [4.69, 9.17) is 13.8 Å². The molecule has 1 aliphatic heterocycles. The van der Waals surface area contributed by atoms with Crippen LogP contribution in [0.2, 0.25) is 0 Å². The summed E-state index contributed by atoms with van der Waals surface area (Å²) in [5.74, 6) is 2.16. The van der Waals surface area contributed by atoms with Gasteiger partial charge in [0.2, 0.25) is 0 Å². The van der Waals surface area contributed by atoms with Gasteiger partial charge in [-0.05, 0) is 43.0 Å². The molecular weight excluding hydrogens is 358 g/mol. The second kappa shape index (κ2) is 7.50. The van der Waals surface area contributed by atoms with Gasteiger partial charge in [-0.25, -0.2) is 0 Å². The van der Waals surface area contributed by atoms with E-state index in [9.17, 15) is 4.79 Å². The van der Waals surface area contributed by atoms with E-state index in [1.807, 2.05) is 30.3 Å². The molecule has 1 fully saturated rings. The maximum atomic E-state index is 13.0. The van der Waals surface area contributed by atoms with E-state index in [0.29, 0.717) is 18.0 Å². The van der Waals surface area contributed by atoms with E-state index in [0.717, 1.165) is 35.6 Å². The summed E-state index contributed by atoms with van der Waals surface area (Å²) in [6.07, 6.45) is 1.76. The number of rotatable bonds is 5. The number of benzene rings is 1. The average Bonchev–Trinajstić information content (AvgIpc) is 3.47. The van der Waals surface area contributed by atoms with Gasteiger partial charge < -0.3 is 18.7 Å². The van der Waals surface area contributed by atoms with Crippen LogP contribution in [0, 0.1) is 0 Å².